The van der Waals surface area contributed by atoms with Gasteiger partial charge < -0.3 is 0 Å². The zero-order valence-corrected chi connectivity index (χ0v) is 9.75. The van der Waals surface area contributed by atoms with E-state index in [0.717, 1.165) is 12.1 Å². The molecule has 15 heavy (non-hydrogen) atoms. The van der Waals surface area contributed by atoms with Gasteiger partial charge in [-0.15, -0.1) is 0 Å². The van der Waals surface area contributed by atoms with Gasteiger partial charge in [0.1, 0.15) is 10.7 Å². The molecule has 0 aliphatic rings. The minimum Gasteiger partial charge on any atom is -0.276 e. The Bertz CT molecular complexity index is 525. The van der Waals surface area contributed by atoms with Crippen LogP contribution in [0.5, 0.6) is 0 Å². The van der Waals surface area contributed by atoms with E-state index in [9.17, 15) is 17.6 Å². The van der Waals surface area contributed by atoms with Crippen LogP contribution >= 0.6 is 22.3 Å². The molecule has 3 nitrogen and oxygen atoms in total. The fourth-order valence-electron chi connectivity index (χ4n) is 1.05. The second-order valence-electron chi connectivity index (χ2n) is 2.81. The summed E-state index contributed by atoms with van der Waals surface area (Å²) in [6, 6.07) is 1.72. The number of carbonyl (C=O) groups is 1. The highest BCUT2D eigenvalue weighted by Crippen LogP contribution is 2.23. The quantitative estimate of drug-likeness (QED) is 0.776. The van der Waals surface area contributed by atoms with Gasteiger partial charge in [-0.2, -0.15) is 0 Å². The Hall–Kier alpha value is -0.650. The minimum absolute atomic E-state index is 0.0858. The van der Waals surface area contributed by atoms with Gasteiger partial charge in [0.15, 0.2) is 0 Å². The van der Waals surface area contributed by atoms with Crippen molar-refractivity contribution in [3.63, 3.8) is 0 Å². The van der Waals surface area contributed by atoms with Crippen molar-refractivity contribution in [1.29, 1.82) is 0 Å². The Balaban J connectivity index is 3.58. The molecule has 1 aromatic rings. The van der Waals surface area contributed by atoms with Gasteiger partial charge in [0.25, 0.3) is 14.3 Å². The van der Waals surface area contributed by atoms with Gasteiger partial charge in [0.05, 0.1) is 0 Å². The Morgan fingerprint density at radius 2 is 1.93 bits per heavy atom. The molecule has 7 heteroatoms. The van der Waals surface area contributed by atoms with E-state index in [2.05, 4.69) is 0 Å². The lowest BCUT2D eigenvalue weighted by Crippen LogP contribution is -2.02. The fraction of sp³-hybridized carbons (Fsp3) is 0.125. The van der Waals surface area contributed by atoms with E-state index >= 15 is 0 Å². The fourth-order valence-corrected chi connectivity index (χ4v) is 2.16. The van der Waals surface area contributed by atoms with Crippen LogP contribution in [0.2, 0.25) is 0 Å². The van der Waals surface area contributed by atoms with E-state index in [1.807, 2.05) is 0 Å². The number of halogens is 3. The van der Waals surface area contributed by atoms with Crippen LogP contribution in [0.3, 0.4) is 0 Å². The zero-order valence-electron chi connectivity index (χ0n) is 7.42. The second-order valence-corrected chi connectivity index (χ2v) is 5.69. The third kappa shape index (κ3) is 2.68. The molecule has 0 amide bonds. The van der Waals surface area contributed by atoms with Crippen molar-refractivity contribution < 1.29 is 17.6 Å². The molecule has 82 valence electrons. The van der Waals surface area contributed by atoms with Crippen LogP contribution in [0.4, 0.5) is 4.39 Å². The largest absolute Gasteiger partial charge is 0.276 e. The number of hydrogen-bond acceptors (Lipinski definition) is 3. The van der Waals surface area contributed by atoms with Crippen molar-refractivity contribution in [1.82, 2.24) is 0 Å². The third-order valence-electron chi connectivity index (χ3n) is 1.75. The molecule has 0 heterocycles. The smallest absolute Gasteiger partial charge is 0.264 e. The summed E-state index contributed by atoms with van der Waals surface area (Å²) in [4.78, 5) is 10.1. The monoisotopic (exact) mass is 270 g/mol. The molecule has 0 fully saturated rings. The molecule has 0 unspecified atom stereocenters. The predicted octanol–water partition coefficient (Wildman–Crippen LogP) is 2.44. The highest BCUT2D eigenvalue weighted by atomic mass is 35.7. The first kappa shape index (κ1) is 12.4. The molecule has 0 aliphatic carbocycles. The predicted molar refractivity (Wildman–Crippen MR) is 54.4 cm³/mol. The summed E-state index contributed by atoms with van der Waals surface area (Å²) >= 11 is 5.18. The number of aryl methyl sites for hydroxylation is 1. The van der Waals surface area contributed by atoms with Crippen molar-refractivity contribution in [2.24, 2.45) is 0 Å². The van der Waals surface area contributed by atoms with Gasteiger partial charge in [-0.05, 0) is 36.2 Å². The molecule has 0 aromatic heterocycles. The number of carbonyl (C=O) groups excluding carboxylic acids is 1. The SMILES string of the molecule is Cc1cc(F)c(S(=O)(=O)Cl)cc1C(=O)Cl. The van der Waals surface area contributed by atoms with E-state index < -0.39 is 25.0 Å². The van der Waals surface area contributed by atoms with Crippen molar-refractivity contribution in [3.05, 3.63) is 29.1 Å². The summed E-state index contributed by atoms with van der Waals surface area (Å²) in [5.41, 5.74) is 0.161. The zero-order chi connectivity index (χ0) is 11.8. The molecule has 0 spiro atoms. The molecule has 0 N–H and O–H groups in total. The molecule has 1 aromatic carbocycles. The summed E-state index contributed by atoms with van der Waals surface area (Å²) in [6.07, 6.45) is 0. The normalized spacial score (nSPS) is 11.5. The molecular formula is C8H5Cl2FO3S. The Kier molecular flexibility index (Phi) is 3.38. The van der Waals surface area contributed by atoms with E-state index in [1.165, 1.54) is 6.92 Å². The van der Waals surface area contributed by atoms with Gasteiger partial charge in [0, 0.05) is 16.2 Å². The first-order chi connectivity index (χ1) is 6.73. The molecule has 0 atom stereocenters. The van der Waals surface area contributed by atoms with Crippen LogP contribution in [0, 0.1) is 12.7 Å². The number of benzene rings is 1. The molecule has 0 bridgehead atoms. The second kappa shape index (κ2) is 4.08. The van der Waals surface area contributed by atoms with Crippen molar-refractivity contribution >= 4 is 36.6 Å². The lowest BCUT2D eigenvalue weighted by atomic mass is 10.1. The Morgan fingerprint density at radius 1 is 1.40 bits per heavy atom. The summed E-state index contributed by atoms with van der Waals surface area (Å²) in [5, 5.41) is -0.867. The topological polar surface area (TPSA) is 51.2 Å². The first-order valence-electron chi connectivity index (χ1n) is 3.68. The lowest BCUT2D eigenvalue weighted by Gasteiger charge is -2.04. The van der Waals surface area contributed by atoms with Gasteiger partial charge in [-0.25, -0.2) is 12.8 Å². The summed E-state index contributed by atoms with van der Waals surface area (Å²) in [6.45, 7) is 1.43. The number of rotatable bonds is 2. The van der Waals surface area contributed by atoms with Crippen LogP contribution in [0.25, 0.3) is 0 Å². The van der Waals surface area contributed by atoms with Crippen molar-refractivity contribution in [2.75, 3.05) is 0 Å². The van der Waals surface area contributed by atoms with Crippen LogP contribution in [-0.2, 0) is 9.05 Å². The molecule has 0 saturated carbocycles. The van der Waals surface area contributed by atoms with Crippen molar-refractivity contribution in [2.45, 2.75) is 11.8 Å². The van der Waals surface area contributed by atoms with Crippen molar-refractivity contribution in [3.8, 4) is 0 Å². The maximum atomic E-state index is 13.2. The summed E-state index contributed by atoms with van der Waals surface area (Å²) in [5.74, 6) is -1.01. The van der Waals surface area contributed by atoms with E-state index in [4.69, 9.17) is 22.3 Å². The van der Waals surface area contributed by atoms with Crippen LogP contribution in [-0.4, -0.2) is 13.7 Å². The van der Waals surface area contributed by atoms with Crippen LogP contribution in [0.15, 0.2) is 17.0 Å². The van der Waals surface area contributed by atoms with Gasteiger partial charge in [0.2, 0.25) is 0 Å². The molecule has 0 saturated heterocycles. The van der Waals surface area contributed by atoms with Crippen LogP contribution in [0.1, 0.15) is 15.9 Å². The average molecular weight is 271 g/mol. The maximum absolute atomic E-state index is 13.2. The van der Waals surface area contributed by atoms with Gasteiger partial charge in [-0.3, -0.25) is 4.79 Å². The van der Waals surface area contributed by atoms with E-state index in [0.29, 0.717) is 0 Å². The molecule has 0 radical (unpaired) electrons. The molecular weight excluding hydrogens is 266 g/mol. The Morgan fingerprint density at radius 3 is 2.33 bits per heavy atom. The lowest BCUT2D eigenvalue weighted by molar-refractivity contribution is 0.108. The summed E-state index contributed by atoms with van der Waals surface area (Å²) < 4.78 is 35.0. The maximum Gasteiger partial charge on any atom is 0.264 e. The molecule has 0 aliphatic heterocycles. The highest BCUT2D eigenvalue weighted by Gasteiger charge is 2.20. The highest BCUT2D eigenvalue weighted by molar-refractivity contribution is 8.13. The average Bonchev–Trinajstić information content (AvgIpc) is 2.00. The summed E-state index contributed by atoms with van der Waals surface area (Å²) in [7, 11) is 0.751. The minimum atomic E-state index is -4.22. The third-order valence-corrected chi connectivity index (χ3v) is 3.29. The standard InChI is InChI=1S/C8H5Cl2FO3S/c1-4-2-6(11)7(15(10,13)14)3-5(4)8(9)12/h2-3H,1H3. The van der Waals surface area contributed by atoms with E-state index in [1.54, 1.807) is 0 Å². The molecule has 1 rings (SSSR count). The first-order valence-corrected chi connectivity index (χ1v) is 6.37. The Labute approximate surface area is 95.2 Å². The van der Waals surface area contributed by atoms with E-state index in [-0.39, 0.29) is 11.1 Å². The van der Waals surface area contributed by atoms with Gasteiger partial charge >= 0.3 is 0 Å². The van der Waals surface area contributed by atoms with Gasteiger partial charge in [-0.1, -0.05) is 0 Å². The van der Waals surface area contributed by atoms with Crippen LogP contribution < -0.4 is 0 Å². The number of hydrogen-bond donors (Lipinski definition) is 0.